The Labute approximate surface area is 113 Å². The summed E-state index contributed by atoms with van der Waals surface area (Å²) in [6.45, 7) is 5.07. The van der Waals surface area contributed by atoms with E-state index in [-0.39, 0.29) is 17.4 Å². The van der Waals surface area contributed by atoms with Gasteiger partial charge in [0.1, 0.15) is 0 Å². The summed E-state index contributed by atoms with van der Waals surface area (Å²) in [6.07, 6.45) is 2.15. The minimum atomic E-state index is -0.424. The predicted molar refractivity (Wildman–Crippen MR) is 70.7 cm³/mol. The number of nitrogens with one attached hydrogen (secondary N) is 2. The number of alkyl carbamates (subject to hydrolysis) is 1. The second kappa shape index (κ2) is 5.77. The van der Waals surface area contributed by atoms with E-state index in [9.17, 15) is 9.59 Å². The standard InChI is InChI=1S/C13H23N3O3/c1-3-13(5-6-14-9-13)11(17)16-7-4-10(8-16)15-12(18)19-2/h10,14H,3-9H2,1-2H3,(H,15,18). The summed E-state index contributed by atoms with van der Waals surface area (Å²) < 4.78 is 4.59. The molecule has 6 heteroatoms. The summed E-state index contributed by atoms with van der Waals surface area (Å²) in [6, 6.07) is 0.0136. The van der Waals surface area contributed by atoms with E-state index in [1.54, 1.807) is 0 Å². The lowest BCUT2D eigenvalue weighted by Crippen LogP contribution is -2.45. The second-order valence-corrected chi connectivity index (χ2v) is 5.43. The first-order valence-corrected chi connectivity index (χ1v) is 6.96. The first-order chi connectivity index (χ1) is 9.11. The second-order valence-electron chi connectivity index (χ2n) is 5.43. The minimum Gasteiger partial charge on any atom is -0.453 e. The number of methoxy groups -OCH3 is 1. The molecule has 0 bridgehead atoms. The van der Waals surface area contributed by atoms with Gasteiger partial charge < -0.3 is 20.3 Å². The van der Waals surface area contributed by atoms with Gasteiger partial charge in [-0.15, -0.1) is 0 Å². The van der Waals surface area contributed by atoms with Gasteiger partial charge in [-0.3, -0.25) is 4.79 Å². The summed E-state index contributed by atoms with van der Waals surface area (Å²) in [5.41, 5.74) is -0.236. The van der Waals surface area contributed by atoms with Crippen LogP contribution in [0.4, 0.5) is 4.79 Å². The van der Waals surface area contributed by atoms with Gasteiger partial charge >= 0.3 is 6.09 Å². The molecule has 2 amide bonds. The molecule has 0 spiro atoms. The van der Waals surface area contributed by atoms with Gasteiger partial charge in [0, 0.05) is 19.6 Å². The lowest BCUT2D eigenvalue weighted by molar-refractivity contribution is -0.140. The molecule has 2 atom stereocenters. The van der Waals surface area contributed by atoms with E-state index >= 15 is 0 Å². The van der Waals surface area contributed by atoms with Gasteiger partial charge in [-0.25, -0.2) is 4.79 Å². The van der Waals surface area contributed by atoms with E-state index in [0.29, 0.717) is 6.54 Å². The molecule has 2 aliphatic heterocycles. The minimum absolute atomic E-state index is 0.0136. The van der Waals surface area contributed by atoms with Gasteiger partial charge in [-0.05, 0) is 25.8 Å². The molecule has 2 aliphatic rings. The van der Waals surface area contributed by atoms with Crippen LogP contribution in [0.1, 0.15) is 26.2 Å². The normalized spacial score (nSPS) is 30.4. The highest BCUT2D eigenvalue weighted by Crippen LogP contribution is 2.32. The van der Waals surface area contributed by atoms with Gasteiger partial charge in [0.15, 0.2) is 0 Å². The van der Waals surface area contributed by atoms with E-state index in [1.807, 2.05) is 4.90 Å². The third kappa shape index (κ3) is 2.83. The van der Waals surface area contributed by atoms with Crippen molar-refractivity contribution >= 4 is 12.0 Å². The van der Waals surface area contributed by atoms with Crippen LogP contribution in [-0.4, -0.2) is 56.2 Å². The van der Waals surface area contributed by atoms with Crippen molar-refractivity contribution in [3.8, 4) is 0 Å². The molecule has 2 N–H and O–H groups in total. The molecular weight excluding hydrogens is 246 g/mol. The van der Waals surface area contributed by atoms with Crippen LogP contribution < -0.4 is 10.6 Å². The fraction of sp³-hybridized carbons (Fsp3) is 0.846. The topological polar surface area (TPSA) is 70.7 Å². The maximum Gasteiger partial charge on any atom is 0.407 e. The number of hydrogen-bond donors (Lipinski definition) is 2. The fourth-order valence-corrected chi connectivity index (χ4v) is 3.00. The maximum atomic E-state index is 12.6. The van der Waals surface area contributed by atoms with Crippen molar-refractivity contribution in [1.82, 2.24) is 15.5 Å². The zero-order chi connectivity index (χ0) is 13.9. The summed E-state index contributed by atoms with van der Waals surface area (Å²) in [5, 5.41) is 6.05. The Morgan fingerprint density at radius 3 is 2.89 bits per heavy atom. The highest BCUT2D eigenvalue weighted by Gasteiger charge is 2.43. The molecule has 2 saturated heterocycles. The molecule has 0 aromatic heterocycles. The Hall–Kier alpha value is -1.30. The fourth-order valence-electron chi connectivity index (χ4n) is 3.00. The van der Waals surface area contributed by atoms with Gasteiger partial charge in [0.05, 0.1) is 18.6 Å². The van der Waals surface area contributed by atoms with E-state index in [2.05, 4.69) is 22.3 Å². The molecule has 0 aromatic rings. The lowest BCUT2D eigenvalue weighted by Gasteiger charge is -2.30. The number of likely N-dealkylation sites (tertiary alicyclic amines) is 1. The third-order valence-corrected chi connectivity index (χ3v) is 4.36. The van der Waals surface area contributed by atoms with E-state index in [1.165, 1.54) is 7.11 Å². The predicted octanol–water partition coefficient (Wildman–Crippen LogP) is 0.333. The first kappa shape index (κ1) is 14.1. The molecule has 6 nitrogen and oxygen atoms in total. The molecular formula is C13H23N3O3. The molecule has 0 aliphatic carbocycles. The first-order valence-electron chi connectivity index (χ1n) is 6.96. The van der Waals surface area contributed by atoms with Crippen LogP contribution in [0.5, 0.6) is 0 Å². The molecule has 0 radical (unpaired) electrons. The summed E-state index contributed by atoms with van der Waals surface area (Å²) >= 11 is 0. The van der Waals surface area contributed by atoms with Crippen LogP contribution in [0.15, 0.2) is 0 Å². The van der Waals surface area contributed by atoms with Crippen LogP contribution in [0.2, 0.25) is 0 Å². The van der Waals surface area contributed by atoms with E-state index in [4.69, 9.17) is 0 Å². The van der Waals surface area contributed by atoms with Crippen molar-refractivity contribution in [3.05, 3.63) is 0 Å². The van der Waals surface area contributed by atoms with Crippen molar-refractivity contribution in [3.63, 3.8) is 0 Å². The quantitative estimate of drug-likeness (QED) is 0.775. The largest absolute Gasteiger partial charge is 0.453 e. The smallest absolute Gasteiger partial charge is 0.407 e. The Morgan fingerprint density at radius 2 is 2.32 bits per heavy atom. The number of rotatable bonds is 3. The Kier molecular flexibility index (Phi) is 4.29. The maximum absolute atomic E-state index is 12.6. The van der Waals surface area contributed by atoms with Crippen molar-refractivity contribution in [2.45, 2.75) is 32.2 Å². The van der Waals surface area contributed by atoms with Gasteiger partial charge in [0.25, 0.3) is 0 Å². The third-order valence-electron chi connectivity index (χ3n) is 4.36. The Bertz CT molecular complexity index is 353. The number of amides is 2. The molecule has 2 rings (SSSR count). The lowest BCUT2D eigenvalue weighted by atomic mass is 9.83. The summed E-state index contributed by atoms with van der Waals surface area (Å²) in [7, 11) is 1.35. The number of nitrogens with zero attached hydrogens (tertiary/aromatic N) is 1. The average molecular weight is 269 g/mol. The van der Waals surface area contributed by atoms with Crippen LogP contribution in [0.3, 0.4) is 0 Å². The molecule has 2 heterocycles. The Morgan fingerprint density at radius 1 is 1.53 bits per heavy atom. The molecule has 2 unspecified atom stereocenters. The van der Waals surface area contributed by atoms with Crippen LogP contribution >= 0.6 is 0 Å². The monoisotopic (exact) mass is 269 g/mol. The SMILES string of the molecule is CCC1(C(=O)N2CCC(NC(=O)OC)C2)CCNC1. The van der Waals surface area contributed by atoms with Crippen LogP contribution in [0.25, 0.3) is 0 Å². The van der Waals surface area contributed by atoms with Crippen molar-refractivity contribution in [2.24, 2.45) is 5.41 Å². The number of hydrogen-bond acceptors (Lipinski definition) is 4. The number of carbonyl (C=O) groups is 2. The highest BCUT2D eigenvalue weighted by molar-refractivity contribution is 5.83. The summed E-state index contributed by atoms with van der Waals surface area (Å²) in [4.78, 5) is 25.7. The molecule has 0 saturated carbocycles. The van der Waals surface area contributed by atoms with Crippen molar-refractivity contribution in [2.75, 3.05) is 33.3 Å². The Balaban J connectivity index is 1.93. The van der Waals surface area contributed by atoms with Gasteiger partial charge in [0.2, 0.25) is 5.91 Å². The van der Waals surface area contributed by atoms with Gasteiger partial charge in [-0.2, -0.15) is 0 Å². The number of ether oxygens (including phenoxy) is 1. The molecule has 0 aromatic carbocycles. The number of carbonyl (C=O) groups excluding carboxylic acids is 2. The van der Waals surface area contributed by atoms with Crippen molar-refractivity contribution in [1.29, 1.82) is 0 Å². The van der Waals surface area contributed by atoms with Crippen LogP contribution in [-0.2, 0) is 9.53 Å². The molecule has 2 fully saturated rings. The zero-order valence-corrected chi connectivity index (χ0v) is 11.7. The van der Waals surface area contributed by atoms with E-state index < -0.39 is 6.09 Å². The highest BCUT2D eigenvalue weighted by atomic mass is 16.5. The van der Waals surface area contributed by atoms with Gasteiger partial charge in [-0.1, -0.05) is 6.92 Å². The zero-order valence-electron chi connectivity index (χ0n) is 11.7. The molecule has 108 valence electrons. The average Bonchev–Trinajstić information content (AvgIpc) is 3.07. The van der Waals surface area contributed by atoms with Crippen LogP contribution in [0, 0.1) is 5.41 Å². The summed E-state index contributed by atoms with van der Waals surface area (Å²) in [5.74, 6) is 0.231. The van der Waals surface area contributed by atoms with Crippen molar-refractivity contribution < 1.29 is 14.3 Å². The molecule has 19 heavy (non-hydrogen) atoms. The van der Waals surface area contributed by atoms with E-state index in [0.717, 1.165) is 38.9 Å².